The Labute approximate surface area is 204 Å². The van der Waals surface area contributed by atoms with Gasteiger partial charge < -0.3 is 20.9 Å². The first-order chi connectivity index (χ1) is 14.6. The Hall–Kier alpha value is -1.55. The Morgan fingerprint density at radius 3 is 2.45 bits per heavy atom. The number of carbonyl (C=O) groups is 1. The molecule has 0 bridgehead atoms. The number of aryl methyl sites for hydroxylation is 1. The number of guanidine groups is 1. The number of anilines is 1. The van der Waals surface area contributed by atoms with Gasteiger partial charge in [-0.15, -0.1) is 24.0 Å². The summed E-state index contributed by atoms with van der Waals surface area (Å²) in [5.74, 6) is 1.29. The van der Waals surface area contributed by atoms with E-state index in [1.807, 2.05) is 0 Å². The lowest BCUT2D eigenvalue weighted by Gasteiger charge is -2.36. The number of rotatable bonds is 9. The zero-order chi connectivity index (χ0) is 21.3. The topological polar surface area (TPSA) is 72.0 Å². The third-order valence-corrected chi connectivity index (χ3v) is 5.98. The van der Waals surface area contributed by atoms with E-state index in [1.54, 1.807) is 0 Å². The van der Waals surface area contributed by atoms with E-state index < -0.39 is 0 Å². The Kier molecular flexibility index (Phi) is 10.9. The highest BCUT2D eigenvalue weighted by atomic mass is 127. The molecule has 8 heteroatoms. The molecule has 31 heavy (non-hydrogen) atoms. The van der Waals surface area contributed by atoms with E-state index in [0.717, 1.165) is 64.6 Å². The molecule has 1 aliphatic heterocycles. The first-order valence-corrected chi connectivity index (χ1v) is 11.4. The first kappa shape index (κ1) is 25.7. The SMILES string of the molecule is CCNC(=NCCN1CCN(c2cccc(C)c2C)CC1)NCCNC(=O)C1CC1.I. The smallest absolute Gasteiger partial charge is 0.223 e. The molecule has 1 heterocycles. The molecule has 2 aliphatic rings. The molecule has 174 valence electrons. The molecule has 0 unspecified atom stereocenters. The maximum absolute atomic E-state index is 11.7. The number of nitrogens with zero attached hydrogens (tertiary/aromatic N) is 3. The number of piperazine rings is 1. The van der Waals surface area contributed by atoms with E-state index >= 15 is 0 Å². The van der Waals surface area contributed by atoms with Crippen LogP contribution >= 0.6 is 24.0 Å². The van der Waals surface area contributed by atoms with Gasteiger partial charge in [0.05, 0.1) is 6.54 Å². The molecule has 2 fully saturated rings. The summed E-state index contributed by atoms with van der Waals surface area (Å²) in [4.78, 5) is 21.4. The number of benzene rings is 1. The molecule has 7 nitrogen and oxygen atoms in total. The van der Waals surface area contributed by atoms with Gasteiger partial charge in [-0.2, -0.15) is 0 Å². The zero-order valence-electron chi connectivity index (χ0n) is 19.2. The van der Waals surface area contributed by atoms with Crippen molar-refractivity contribution in [2.24, 2.45) is 10.9 Å². The standard InChI is InChI=1S/C23H38N6O.HI/c1-4-24-23(26-11-10-25-22(30)20-8-9-20)27-12-13-28-14-16-29(17-15-28)21-7-5-6-18(2)19(21)3;/h5-7,20H,4,8-17H2,1-3H3,(H,25,30)(H2,24,26,27);1H. The maximum atomic E-state index is 11.7. The van der Waals surface area contributed by atoms with Crippen LogP contribution in [0.1, 0.15) is 30.9 Å². The van der Waals surface area contributed by atoms with Crippen LogP contribution in [0.25, 0.3) is 0 Å². The minimum Gasteiger partial charge on any atom is -0.369 e. The molecule has 0 spiro atoms. The molecule has 1 aliphatic carbocycles. The number of amides is 1. The fraction of sp³-hybridized carbons (Fsp3) is 0.652. The lowest BCUT2D eigenvalue weighted by Crippen LogP contribution is -2.47. The third-order valence-electron chi connectivity index (χ3n) is 5.98. The van der Waals surface area contributed by atoms with Gasteiger partial charge in [-0.25, -0.2) is 0 Å². The Morgan fingerprint density at radius 2 is 1.77 bits per heavy atom. The van der Waals surface area contributed by atoms with Gasteiger partial charge in [0, 0.05) is 64.0 Å². The van der Waals surface area contributed by atoms with Crippen molar-refractivity contribution in [1.29, 1.82) is 0 Å². The van der Waals surface area contributed by atoms with Crippen LogP contribution in [0.3, 0.4) is 0 Å². The van der Waals surface area contributed by atoms with E-state index in [9.17, 15) is 4.79 Å². The van der Waals surface area contributed by atoms with Gasteiger partial charge in [-0.05, 0) is 50.8 Å². The highest BCUT2D eigenvalue weighted by Crippen LogP contribution is 2.28. The second-order valence-corrected chi connectivity index (χ2v) is 8.30. The maximum Gasteiger partial charge on any atom is 0.223 e. The van der Waals surface area contributed by atoms with Crippen molar-refractivity contribution in [1.82, 2.24) is 20.9 Å². The first-order valence-electron chi connectivity index (χ1n) is 11.4. The van der Waals surface area contributed by atoms with Crippen molar-refractivity contribution in [2.45, 2.75) is 33.6 Å². The van der Waals surface area contributed by atoms with Crippen LogP contribution in [0.2, 0.25) is 0 Å². The Balaban J connectivity index is 0.00000341. The Bertz CT molecular complexity index is 729. The highest BCUT2D eigenvalue weighted by molar-refractivity contribution is 14.0. The number of nitrogens with one attached hydrogen (secondary N) is 3. The van der Waals surface area contributed by atoms with Crippen LogP contribution in [-0.4, -0.2) is 75.7 Å². The predicted molar refractivity (Wildman–Crippen MR) is 140 cm³/mol. The number of hydrogen-bond donors (Lipinski definition) is 3. The lowest BCUT2D eigenvalue weighted by molar-refractivity contribution is -0.122. The summed E-state index contributed by atoms with van der Waals surface area (Å²) in [5.41, 5.74) is 4.13. The fourth-order valence-corrected chi connectivity index (χ4v) is 3.79. The van der Waals surface area contributed by atoms with Gasteiger partial charge in [-0.3, -0.25) is 14.7 Å². The monoisotopic (exact) mass is 542 g/mol. The van der Waals surface area contributed by atoms with Gasteiger partial charge >= 0.3 is 0 Å². The van der Waals surface area contributed by atoms with E-state index in [4.69, 9.17) is 4.99 Å². The summed E-state index contributed by atoms with van der Waals surface area (Å²) in [6, 6.07) is 6.58. The highest BCUT2D eigenvalue weighted by Gasteiger charge is 2.29. The average molecular weight is 543 g/mol. The van der Waals surface area contributed by atoms with Gasteiger partial charge in [0.25, 0.3) is 0 Å². The largest absolute Gasteiger partial charge is 0.369 e. The molecule has 1 amide bonds. The molecule has 3 rings (SSSR count). The van der Waals surface area contributed by atoms with Crippen molar-refractivity contribution in [3.63, 3.8) is 0 Å². The number of halogens is 1. The van der Waals surface area contributed by atoms with E-state index in [1.165, 1.54) is 16.8 Å². The summed E-state index contributed by atoms with van der Waals surface area (Å²) in [7, 11) is 0. The summed E-state index contributed by atoms with van der Waals surface area (Å²) in [5, 5.41) is 9.57. The van der Waals surface area contributed by atoms with Gasteiger partial charge in [-0.1, -0.05) is 12.1 Å². The molecule has 1 aromatic rings. The van der Waals surface area contributed by atoms with Crippen LogP contribution in [0, 0.1) is 19.8 Å². The number of aliphatic imine (C=N–C) groups is 1. The fourth-order valence-electron chi connectivity index (χ4n) is 3.79. The normalized spacial score (nSPS) is 17.1. The van der Waals surface area contributed by atoms with E-state index in [0.29, 0.717) is 13.1 Å². The molecular formula is C23H39IN6O. The molecule has 1 saturated heterocycles. The third kappa shape index (κ3) is 8.14. The van der Waals surface area contributed by atoms with Crippen molar-refractivity contribution in [3.05, 3.63) is 29.3 Å². The molecule has 0 atom stereocenters. The van der Waals surface area contributed by atoms with E-state index in [-0.39, 0.29) is 35.8 Å². The second kappa shape index (κ2) is 13.1. The van der Waals surface area contributed by atoms with E-state index in [2.05, 4.69) is 64.7 Å². The van der Waals surface area contributed by atoms with Crippen LogP contribution in [-0.2, 0) is 4.79 Å². The molecule has 1 aromatic carbocycles. The lowest BCUT2D eigenvalue weighted by atomic mass is 10.1. The van der Waals surface area contributed by atoms with Crippen molar-refractivity contribution < 1.29 is 4.79 Å². The van der Waals surface area contributed by atoms with Gasteiger partial charge in [0.15, 0.2) is 5.96 Å². The summed E-state index contributed by atoms with van der Waals surface area (Å²) < 4.78 is 0. The van der Waals surface area contributed by atoms with Crippen molar-refractivity contribution in [2.75, 3.05) is 63.8 Å². The summed E-state index contributed by atoms with van der Waals surface area (Å²) >= 11 is 0. The quantitative estimate of drug-likeness (QED) is 0.193. The van der Waals surface area contributed by atoms with Crippen molar-refractivity contribution in [3.8, 4) is 0 Å². The summed E-state index contributed by atoms with van der Waals surface area (Å²) in [6.07, 6.45) is 2.09. The minimum atomic E-state index is 0. The summed E-state index contributed by atoms with van der Waals surface area (Å²) in [6.45, 7) is 14.6. The molecule has 0 aromatic heterocycles. The number of hydrogen-bond acceptors (Lipinski definition) is 4. The van der Waals surface area contributed by atoms with Crippen LogP contribution < -0.4 is 20.9 Å². The number of carbonyl (C=O) groups excluding carboxylic acids is 1. The van der Waals surface area contributed by atoms with Crippen LogP contribution in [0.4, 0.5) is 5.69 Å². The van der Waals surface area contributed by atoms with Crippen LogP contribution in [0.15, 0.2) is 23.2 Å². The van der Waals surface area contributed by atoms with Crippen molar-refractivity contribution >= 4 is 41.5 Å². The van der Waals surface area contributed by atoms with Gasteiger partial charge in [0.1, 0.15) is 0 Å². The molecule has 0 radical (unpaired) electrons. The molecule has 3 N–H and O–H groups in total. The van der Waals surface area contributed by atoms with Gasteiger partial charge in [0.2, 0.25) is 5.91 Å². The predicted octanol–water partition coefficient (Wildman–Crippen LogP) is 2.12. The Morgan fingerprint density at radius 1 is 1.06 bits per heavy atom. The average Bonchev–Trinajstić information content (AvgIpc) is 3.59. The molecule has 1 saturated carbocycles. The second-order valence-electron chi connectivity index (χ2n) is 8.30. The molecular weight excluding hydrogens is 503 g/mol. The minimum absolute atomic E-state index is 0. The zero-order valence-corrected chi connectivity index (χ0v) is 21.6. The van der Waals surface area contributed by atoms with Crippen LogP contribution in [0.5, 0.6) is 0 Å².